The van der Waals surface area contributed by atoms with E-state index >= 15 is 0 Å². The molecule has 1 aliphatic rings. The summed E-state index contributed by atoms with van der Waals surface area (Å²) in [7, 11) is 0. The lowest BCUT2D eigenvalue weighted by Crippen LogP contribution is -2.52. The van der Waals surface area contributed by atoms with Gasteiger partial charge in [0.05, 0.1) is 0 Å². The second-order valence-electron chi connectivity index (χ2n) is 5.01. The third-order valence-electron chi connectivity index (χ3n) is 3.69. The van der Waals surface area contributed by atoms with Crippen LogP contribution in [-0.2, 0) is 4.79 Å². The summed E-state index contributed by atoms with van der Waals surface area (Å²) in [5.41, 5.74) is 0.854. The number of anilines is 1. The monoisotopic (exact) mass is 275 g/mol. The van der Waals surface area contributed by atoms with E-state index in [9.17, 15) is 4.79 Å². The molecule has 108 valence electrons. The van der Waals surface area contributed by atoms with Gasteiger partial charge in [0.2, 0.25) is 0 Å². The van der Waals surface area contributed by atoms with Gasteiger partial charge in [-0.2, -0.15) is 0 Å². The summed E-state index contributed by atoms with van der Waals surface area (Å²) >= 11 is 0. The van der Waals surface area contributed by atoms with Crippen LogP contribution in [-0.4, -0.2) is 53.2 Å². The standard InChI is InChI=1S/C15H21N3O2/c1-3-17-9-10-18(11-12(17)2)15-13(5-4-8-16-15)6-7-14(19)20/h4-8,12H,3,9-11H2,1-2H3,(H,19,20)/b7-6+. The van der Waals surface area contributed by atoms with Crippen LogP contribution in [0.2, 0.25) is 0 Å². The molecule has 0 saturated carbocycles. The molecule has 0 aliphatic carbocycles. The van der Waals surface area contributed by atoms with Crippen LogP contribution in [0, 0.1) is 0 Å². The van der Waals surface area contributed by atoms with Crippen molar-refractivity contribution in [1.29, 1.82) is 0 Å². The lowest BCUT2D eigenvalue weighted by atomic mass is 10.1. The van der Waals surface area contributed by atoms with Gasteiger partial charge in [-0.25, -0.2) is 9.78 Å². The first-order valence-corrected chi connectivity index (χ1v) is 6.96. The number of carbonyl (C=O) groups is 1. The van der Waals surface area contributed by atoms with Crippen LogP contribution < -0.4 is 4.90 Å². The van der Waals surface area contributed by atoms with Gasteiger partial charge in [-0.1, -0.05) is 6.92 Å². The molecule has 1 atom stereocenters. The third kappa shape index (κ3) is 3.36. The van der Waals surface area contributed by atoms with Crippen LogP contribution in [0.15, 0.2) is 24.4 Å². The lowest BCUT2D eigenvalue weighted by molar-refractivity contribution is -0.131. The van der Waals surface area contributed by atoms with E-state index in [0.29, 0.717) is 6.04 Å². The fourth-order valence-corrected chi connectivity index (χ4v) is 2.62. The van der Waals surface area contributed by atoms with E-state index in [0.717, 1.165) is 43.6 Å². The quantitative estimate of drug-likeness (QED) is 0.848. The number of carboxylic acids is 1. The zero-order valence-electron chi connectivity index (χ0n) is 12.0. The first kappa shape index (κ1) is 14.5. The Morgan fingerprint density at radius 3 is 3.00 bits per heavy atom. The fourth-order valence-electron chi connectivity index (χ4n) is 2.62. The molecule has 2 rings (SSSR count). The Bertz CT molecular complexity index is 502. The van der Waals surface area contributed by atoms with Crippen molar-refractivity contribution in [3.05, 3.63) is 30.0 Å². The van der Waals surface area contributed by atoms with Crippen molar-refractivity contribution < 1.29 is 9.90 Å². The molecular weight excluding hydrogens is 254 g/mol. The summed E-state index contributed by atoms with van der Waals surface area (Å²) in [5.74, 6) is -0.0726. The number of pyridine rings is 1. The van der Waals surface area contributed by atoms with Crippen LogP contribution in [0.3, 0.4) is 0 Å². The van der Waals surface area contributed by atoms with E-state index in [4.69, 9.17) is 5.11 Å². The second kappa shape index (κ2) is 6.52. The summed E-state index contributed by atoms with van der Waals surface area (Å²) < 4.78 is 0. The number of piperazine rings is 1. The molecule has 1 fully saturated rings. The van der Waals surface area contributed by atoms with Crippen LogP contribution >= 0.6 is 0 Å². The van der Waals surface area contributed by atoms with E-state index < -0.39 is 5.97 Å². The smallest absolute Gasteiger partial charge is 0.328 e. The molecule has 0 spiro atoms. The first-order chi connectivity index (χ1) is 9.61. The maximum absolute atomic E-state index is 10.7. The maximum atomic E-state index is 10.7. The molecule has 1 aromatic heterocycles. The summed E-state index contributed by atoms with van der Waals surface area (Å²) in [6.45, 7) is 8.29. The maximum Gasteiger partial charge on any atom is 0.328 e. The van der Waals surface area contributed by atoms with Gasteiger partial charge in [0.1, 0.15) is 5.82 Å². The van der Waals surface area contributed by atoms with Gasteiger partial charge in [-0.15, -0.1) is 0 Å². The van der Waals surface area contributed by atoms with Crippen molar-refractivity contribution in [1.82, 2.24) is 9.88 Å². The number of hydrogen-bond acceptors (Lipinski definition) is 4. The van der Waals surface area contributed by atoms with Crippen molar-refractivity contribution in [2.45, 2.75) is 19.9 Å². The molecule has 1 N–H and O–H groups in total. The molecule has 1 saturated heterocycles. The van der Waals surface area contributed by atoms with E-state index in [1.54, 1.807) is 12.3 Å². The van der Waals surface area contributed by atoms with Gasteiger partial charge in [-0.3, -0.25) is 4.90 Å². The predicted molar refractivity (Wildman–Crippen MR) is 79.8 cm³/mol. The molecule has 2 heterocycles. The largest absolute Gasteiger partial charge is 0.478 e. The number of aliphatic carboxylic acids is 1. The van der Waals surface area contributed by atoms with Gasteiger partial charge < -0.3 is 10.0 Å². The molecule has 1 unspecified atom stereocenters. The Labute approximate surface area is 119 Å². The number of rotatable bonds is 4. The van der Waals surface area contributed by atoms with Crippen molar-refractivity contribution >= 4 is 17.9 Å². The number of hydrogen-bond donors (Lipinski definition) is 1. The minimum absolute atomic E-state index is 0.479. The van der Waals surface area contributed by atoms with E-state index in [1.165, 1.54) is 0 Å². The molecule has 1 aliphatic heterocycles. The topological polar surface area (TPSA) is 56.7 Å². The Balaban J connectivity index is 2.19. The molecule has 0 aromatic carbocycles. The second-order valence-corrected chi connectivity index (χ2v) is 5.01. The van der Waals surface area contributed by atoms with Gasteiger partial charge in [-0.05, 0) is 31.7 Å². The molecule has 0 radical (unpaired) electrons. The number of likely N-dealkylation sites (N-methyl/N-ethyl adjacent to an activating group) is 1. The zero-order chi connectivity index (χ0) is 14.5. The number of carboxylic acid groups (broad SMARTS) is 1. The molecule has 1 aromatic rings. The Kier molecular flexibility index (Phi) is 4.74. The summed E-state index contributed by atoms with van der Waals surface area (Å²) in [6.07, 6.45) is 4.53. The minimum Gasteiger partial charge on any atom is -0.478 e. The highest BCUT2D eigenvalue weighted by Gasteiger charge is 2.24. The van der Waals surface area contributed by atoms with Gasteiger partial charge in [0, 0.05) is 43.5 Å². The highest BCUT2D eigenvalue weighted by atomic mass is 16.4. The van der Waals surface area contributed by atoms with E-state index in [2.05, 4.69) is 28.6 Å². The van der Waals surface area contributed by atoms with Gasteiger partial charge in [0.25, 0.3) is 0 Å². The van der Waals surface area contributed by atoms with Gasteiger partial charge in [0.15, 0.2) is 0 Å². The Morgan fingerprint density at radius 1 is 1.55 bits per heavy atom. The lowest BCUT2D eigenvalue weighted by Gasteiger charge is -2.40. The Morgan fingerprint density at radius 2 is 2.35 bits per heavy atom. The molecule has 20 heavy (non-hydrogen) atoms. The average Bonchev–Trinajstić information content (AvgIpc) is 2.45. The van der Waals surface area contributed by atoms with Crippen LogP contribution in [0.4, 0.5) is 5.82 Å². The van der Waals surface area contributed by atoms with Crippen molar-refractivity contribution in [3.63, 3.8) is 0 Å². The van der Waals surface area contributed by atoms with Crippen molar-refractivity contribution in [2.24, 2.45) is 0 Å². The molecule has 0 bridgehead atoms. The fraction of sp³-hybridized carbons (Fsp3) is 0.467. The molecule has 0 amide bonds. The number of nitrogens with zero attached hydrogens (tertiary/aromatic N) is 3. The number of aromatic nitrogens is 1. The summed E-state index contributed by atoms with van der Waals surface area (Å²) in [5, 5.41) is 8.76. The molecule has 5 nitrogen and oxygen atoms in total. The normalized spacial score (nSPS) is 20.5. The third-order valence-corrected chi connectivity index (χ3v) is 3.69. The highest BCUT2D eigenvalue weighted by Crippen LogP contribution is 2.22. The Hall–Kier alpha value is -1.88. The van der Waals surface area contributed by atoms with E-state index in [1.807, 2.05) is 12.1 Å². The van der Waals surface area contributed by atoms with E-state index in [-0.39, 0.29) is 0 Å². The van der Waals surface area contributed by atoms with Crippen LogP contribution in [0.25, 0.3) is 6.08 Å². The van der Waals surface area contributed by atoms with Crippen LogP contribution in [0.5, 0.6) is 0 Å². The molecule has 5 heteroatoms. The van der Waals surface area contributed by atoms with Crippen LogP contribution in [0.1, 0.15) is 19.4 Å². The summed E-state index contributed by atoms with van der Waals surface area (Å²) in [4.78, 5) is 19.8. The van der Waals surface area contributed by atoms with Crippen molar-refractivity contribution in [3.8, 4) is 0 Å². The van der Waals surface area contributed by atoms with Crippen molar-refractivity contribution in [2.75, 3.05) is 31.1 Å². The predicted octanol–water partition coefficient (Wildman–Crippen LogP) is 1.71. The first-order valence-electron chi connectivity index (χ1n) is 6.96. The zero-order valence-corrected chi connectivity index (χ0v) is 12.0. The van der Waals surface area contributed by atoms with Gasteiger partial charge >= 0.3 is 5.97 Å². The highest BCUT2D eigenvalue weighted by molar-refractivity contribution is 5.86. The minimum atomic E-state index is -0.941. The average molecular weight is 275 g/mol. The summed E-state index contributed by atoms with van der Waals surface area (Å²) in [6, 6.07) is 4.21. The SMILES string of the molecule is CCN1CCN(c2ncccc2/C=C/C(=O)O)CC1C. The molecular formula is C15H21N3O2.